The molecule has 1 heterocycles. The van der Waals surface area contributed by atoms with Gasteiger partial charge in [-0.25, -0.2) is 8.42 Å². The van der Waals surface area contributed by atoms with Crippen molar-refractivity contribution in [2.75, 3.05) is 19.0 Å². The lowest BCUT2D eigenvalue weighted by molar-refractivity contribution is -0.141. The van der Waals surface area contributed by atoms with Crippen molar-refractivity contribution in [3.05, 3.63) is 53.6 Å². The molecule has 0 saturated heterocycles. The van der Waals surface area contributed by atoms with Gasteiger partial charge in [-0.1, -0.05) is 6.07 Å². The first-order chi connectivity index (χ1) is 13.8. The molecule has 0 fully saturated rings. The molecule has 9 nitrogen and oxygen atoms in total. The first-order valence-corrected chi connectivity index (χ1v) is 10.2. The number of nitrogens with two attached hydrogens (primary N) is 1. The van der Waals surface area contributed by atoms with Crippen LogP contribution >= 0.6 is 0 Å². The number of anilines is 1. The molecular formula is C19H21N3O6S. The van der Waals surface area contributed by atoms with Crippen LogP contribution in [0.5, 0.6) is 5.75 Å². The number of carbonyl (C=O) groups is 2. The van der Waals surface area contributed by atoms with E-state index < -0.39 is 22.0 Å². The Kier molecular flexibility index (Phi) is 5.87. The fourth-order valence-corrected chi connectivity index (χ4v) is 4.76. The van der Waals surface area contributed by atoms with Crippen LogP contribution in [0, 0.1) is 0 Å². The topological polar surface area (TPSA) is 139 Å². The molecule has 4 N–H and O–H groups in total. The molecule has 0 aliphatic carbocycles. The first kappa shape index (κ1) is 20.8. The number of methoxy groups -OCH3 is 1. The Bertz CT molecular complexity index is 1040. The second kappa shape index (κ2) is 8.19. The Balaban J connectivity index is 1.98. The van der Waals surface area contributed by atoms with Gasteiger partial charge in [-0.15, -0.1) is 0 Å². The number of fused-ring (bicyclic) bond motifs is 1. The Morgan fingerprint density at radius 3 is 2.48 bits per heavy atom. The first-order valence-electron chi connectivity index (χ1n) is 8.76. The van der Waals surface area contributed by atoms with E-state index in [2.05, 4.69) is 5.32 Å². The van der Waals surface area contributed by atoms with Crippen LogP contribution in [0.15, 0.2) is 47.4 Å². The van der Waals surface area contributed by atoms with Crippen molar-refractivity contribution in [1.82, 2.24) is 4.31 Å². The number of carboxylic acid groups (broad SMARTS) is 1. The van der Waals surface area contributed by atoms with Crippen molar-refractivity contribution in [2.24, 2.45) is 5.73 Å². The Morgan fingerprint density at radius 1 is 1.21 bits per heavy atom. The van der Waals surface area contributed by atoms with Gasteiger partial charge in [0.15, 0.2) is 0 Å². The van der Waals surface area contributed by atoms with E-state index in [4.69, 9.17) is 10.5 Å². The van der Waals surface area contributed by atoms with Gasteiger partial charge in [-0.3, -0.25) is 9.59 Å². The number of ether oxygens (including phenoxy) is 1. The van der Waals surface area contributed by atoms with Crippen molar-refractivity contribution >= 4 is 27.6 Å². The van der Waals surface area contributed by atoms with Crippen LogP contribution in [0.3, 0.4) is 0 Å². The molecule has 2 aromatic carbocycles. The van der Waals surface area contributed by atoms with Gasteiger partial charge in [0, 0.05) is 18.7 Å². The second-order valence-corrected chi connectivity index (χ2v) is 8.41. The summed E-state index contributed by atoms with van der Waals surface area (Å²) in [6, 6.07) is 9.48. The third kappa shape index (κ3) is 4.24. The number of nitrogens with one attached hydrogen (secondary N) is 1. The van der Waals surface area contributed by atoms with E-state index >= 15 is 0 Å². The van der Waals surface area contributed by atoms with Gasteiger partial charge < -0.3 is 20.9 Å². The van der Waals surface area contributed by atoms with Crippen molar-refractivity contribution in [3.63, 3.8) is 0 Å². The molecule has 0 bridgehead atoms. The number of hydrogen-bond donors (Lipinski definition) is 3. The molecule has 0 unspecified atom stereocenters. The van der Waals surface area contributed by atoms with Gasteiger partial charge in [0.05, 0.1) is 18.6 Å². The minimum atomic E-state index is -4.07. The summed E-state index contributed by atoms with van der Waals surface area (Å²) in [6.45, 7) is -0.316. The number of rotatable bonds is 6. The summed E-state index contributed by atoms with van der Waals surface area (Å²) in [5.74, 6) is -1.12. The third-order valence-corrected chi connectivity index (χ3v) is 6.58. The zero-order valence-corrected chi connectivity index (χ0v) is 16.5. The van der Waals surface area contributed by atoms with Gasteiger partial charge in [0.2, 0.25) is 15.9 Å². The minimum Gasteiger partial charge on any atom is -0.497 e. The average Bonchev–Trinajstić information content (AvgIpc) is 2.72. The van der Waals surface area contributed by atoms with Gasteiger partial charge in [0.25, 0.3) is 0 Å². The maximum absolute atomic E-state index is 13.2. The molecule has 0 spiro atoms. The highest BCUT2D eigenvalue weighted by Gasteiger charge is 2.39. The zero-order chi connectivity index (χ0) is 21.2. The number of carbonyl (C=O) groups excluding carboxylic acids is 1. The molecule has 0 radical (unpaired) electrons. The number of aliphatic carboxylic acids is 1. The van der Waals surface area contributed by atoms with E-state index in [1.165, 1.54) is 31.4 Å². The second-order valence-electron chi connectivity index (χ2n) is 6.52. The van der Waals surface area contributed by atoms with Crippen LogP contribution in [0.2, 0.25) is 0 Å². The van der Waals surface area contributed by atoms with Crippen molar-refractivity contribution in [1.29, 1.82) is 0 Å². The number of hydrogen-bond acceptors (Lipinski definition) is 6. The standard InChI is InChI=1S/C19H21N3O6S/c1-28-15-4-6-16(7-5-15)29(26,27)22-11-13-8-14(21-18(23)10-20)3-2-12(13)9-17(22)19(24)25/h2-8,17H,9-11,20H2,1H3,(H,21,23)(H,24,25)/t17-/m1/s1. The lowest BCUT2D eigenvalue weighted by Gasteiger charge is -2.33. The van der Waals surface area contributed by atoms with Crippen molar-refractivity contribution < 1.29 is 27.9 Å². The van der Waals surface area contributed by atoms with Crippen molar-refractivity contribution in [2.45, 2.75) is 23.9 Å². The number of amides is 1. The number of nitrogens with zero attached hydrogens (tertiary/aromatic N) is 1. The molecule has 10 heteroatoms. The predicted octanol–water partition coefficient (Wildman–Crippen LogP) is 0.793. The summed E-state index contributed by atoms with van der Waals surface area (Å²) < 4.78 is 32.3. The smallest absolute Gasteiger partial charge is 0.322 e. The van der Waals surface area contributed by atoms with Crippen LogP contribution in [0.4, 0.5) is 5.69 Å². The lowest BCUT2D eigenvalue weighted by Crippen LogP contribution is -2.48. The zero-order valence-electron chi connectivity index (χ0n) is 15.7. The average molecular weight is 419 g/mol. The molecule has 1 aliphatic rings. The van der Waals surface area contributed by atoms with Crippen LogP contribution in [0.25, 0.3) is 0 Å². The highest BCUT2D eigenvalue weighted by Crippen LogP contribution is 2.31. The molecule has 2 aromatic rings. The predicted molar refractivity (Wildman–Crippen MR) is 105 cm³/mol. The molecule has 154 valence electrons. The molecule has 1 aliphatic heterocycles. The molecule has 1 amide bonds. The van der Waals surface area contributed by atoms with E-state index in [0.717, 1.165) is 4.31 Å². The summed E-state index contributed by atoms with van der Waals surface area (Å²) in [5.41, 5.74) is 7.10. The number of carboxylic acids is 1. The lowest BCUT2D eigenvalue weighted by atomic mass is 9.95. The molecular weight excluding hydrogens is 398 g/mol. The SMILES string of the molecule is COc1ccc(S(=O)(=O)N2Cc3cc(NC(=O)CN)ccc3C[C@@H]2C(=O)O)cc1. The molecule has 3 rings (SSSR count). The van der Waals surface area contributed by atoms with Gasteiger partial charge in [0.1, 0.15) is 11.8 Å². The Hall–Kier alpha value is -2.95. The summed E-state index contributed by atoms with van der Waals surface area (Å²) in [5, 5.41) is 12.2. The molecule has 1 atom stereocenters. The Labute approximate surface area is 168 Å². The minimum absolute atomic E-state index is 0.0190. The summed E-state index contributed by atoms with van der Waals surface area (Å²) in [7, 11) is -2.61. The number of benzene rings is 2. The van der Waals surface area contributed by atoms with E-state index in [-0.39, 0.29) is 30.3 Å². The fraction of sp³-hybridized carbons (Fsp3) is 0.263. The van der Waals surface area contributed by atoms with Crippen LogP contribution < -0.4 is 15.8 Å². The van der Waals surface area contributed by atoms with E-state index in [1.54, 1.807) is 18.2 Å². The maximum Gasteiger partial charge on any atom is 0.322 e. The van der Waals surface area contributed by atoms with E-state index in [0.29, 0.717) is 22.6 Å². The fourth-order valence-electron chi connectivity index (χ4n) is 3.20. The van der Waals surface area contributed by atoms with Crippen LogP contribution in [-0.4, -0.2) is 49.4 Å². The number of sulfonamides is 1. The normalized spacial score (nSPS) is 16.7. The maximum atomic E-state index is 13.2. The summed E-state index contributed by atoms with van der Waals surface area (Å²) in [6.07, 6.45) is 0.0190. The highest BCUT2D eigenvalue weighted by atomic mass is 32.2. The largest absolute Gasteiger partial charge is 0.497 e. The van der Waals surface area contributed by atoms with E-state index in [9.17, 15) is 23.1 Å². The van der Waals surface area contributed by atoms with E-state index in [1.807, 2.05) is 0 Å². The molecule has 0 aromatic heterocycles. The van der Waals surface area contributed by atoms with Crippen LogP contribution in [0.1, 0.15) is 11.1 Å². The molecule has 0 saturated carbocycles. The van der Waals surface area contributed by atoms with Gasteiger partial charge in [-0.05, 0) is 47.5 Å². The van der Waals surface area contributed by atoms with Gasteiger partial charge >= 0.3 is 5.97 Å². The summed E-state index contributed by atoms with van der Waals surface area (Å²) in [4.78, 5) is 23.3. The third-order valence-electron chi connectivity index (χ3n) is 4.71. The van der Waals surface area contributed by atoms with Crippen LogP contribution in [-0.2, 0) is 32.6 Å². The summed E-state index contributed by atoms with van der Waals surface area (Å²) >= 11 is 0. The van der Waals surface area contributed by atoms with Crippen molar-refractivity contribution in [3.8, 4) is 5.75 Å². The molecule has 29 heavy (non-hydrogen) atoms. The van der Waals surface area contributed by atoms with Gasteiger partial charge in [-0.2, -0.15) is 4.31 Å². The monoisotopic (exact) mass is 419 g/mol. The Morgan fingerprint density at radius 2 is 1.90 bits per heavy atom. The quantitative estimate of drug-likeness (QED) is 0.629. The highest BCUT2D eigenvalue weighted by molar-refractivity contribution is 7.89.